The molecule has 1 heterocycles. The second kappa shape index (κ2) is 7.63. The van der Waals surface area contributed by atoms with E-state index in [1.807, 2.05) is 0 Å². The van der Waals surface area contributed by atoms with Crippen LogP contribution in [0.2, 0.25) is 0 Å². The first-order chi connectivity index (χ1) is 9.29. The lowest BCUT2D eigenvalue weighted by molar-refractivity contribution is 0.184. The van der Waals surface area contributed by atoms with Gasteiger partial charge in [-0.1, -0.05) is 24.3 Å². The molecule has 0 aliphatic carbocycles. The van der Waals surface area contributed by atoms with E-state index >= 15 is 0 Å². The first kappa shape index (κ1) is 14.5. The molecule has 2 rings (SSSR count). The van der Waals surface area contributed by atoms with Gasteiger partial charge in [0.2, 0.25) is 0 Å². The first-order valence-electron chi connectivity index (χ1n) is 7.27. The Balaban J connectivity index is 1.93. The molecular formula is C16H26N2O. The molecule has 106 valence electrons. The molecule has 0 aromatic heterocycles. The van der Waals surface area contributed by atoms with Gasteiger partial charge in [0.15, 0.2) is 0 Å². The molecule has 0 saturated carbocycles. The Bertz CT molecular complexity index is 373. The smallest absolute Gasteiger partial charge is 0.0713 e. The van der Waals surface area contributed by atoms with E-state index in [4.69, 9.17) is 4.74 Å². The summed E-state index contributed by atoms with van der Waals surface area (Å²) in [6.07, 6.45) is 3.86. The summed E-state index contributed by atoms with van der Waals surface area (Å²) < 4.78 is 5.20. The fourth-order valence-corrected chi connectivity index (χ4v) is 2.84. The second-order valence-corrected chi connectivity index (χ2v) is 5.50. The first-order valence-corrected chi connectivity index (χ1v) is 7.27. The highest BCUT2D eigenvalue weighted by atomic mass is 16.5. The lowest BCUT2D eigenvalue weighted by atomic mass is 10.1. The van der Waals surface area contributed by atoms with Crippen LogP contribution in [0.5, 0.6) is 0 Å². The van der Waals surface area contributed by atoms with E-state index in [1.165, 1.54) is 36.9 Å². The Morgan fingerprint density at radius 3 is 2.95 bits per heavy atom. The second-order valence-electron chi connectivity index (χ2n) is 5.50. The number of hydrogen-bond donors (Lipinski definition) is 1. The molecule has 3 nitrogen and oxygen atoms in total. The quantitative estimate of drug-likeness (QED) is 0.882. The number of benzene rings is 1. The summed E-state index contributed by atoms with van der Waals surface area (Å²) >= 11 is 0. The van der Waals surface area contributed by atoms with E-state index in [1.54, 1.807) is 7.11 Å². The number of ether oxygens (including phenoxy) is 1. The Kier molecular flexibility index (Phi) is 5.83. The molecular weight excluding hydrogens is 236 g/mol. The molecule has 1 N–H and O–H groups in total. The summed E-state index contributed by atoms with van der Waals surface area (Å²) in [6, 6.07) is 9.44. The third-order valence-corrected chi connectivity index (χ3v) is 3.90. The summed E-state index contributed by atoms with van der Waals surface area (Å²) in [5.41, 5.74) is 2.64. The third-order valence-electron chi connectivity index (χ3n) is 3.90. The number of hydrogen-bond acceptors (Lipinski definition) is 3. The van der Waals surface area contributed by atoms with Gasteiger partial charge in [-0.05, 0) is 50.5 Å². The van der Waals surface area contributed by atoms with Gasteiger partial charge in [-0.3, -0.25) is 4.90 Å². The lowest BCUT2D eigenvalue weighted by Crippen LogP contribution is -2.32. The molecule has 1 aromatic rings. The van der Waals surface area contributed by atoms with Crippen molar-refractivity contribution in [3.8, 4) is 0 Å². The molecule has 1 fully saturated rings. The van der Waals surface area contributed by atoms with E-state index in [0.29, 0.717) is 12.6 Å². The van der Waals surface area contributed by atoms with Gasteiger partial charge in [0.25, 0.3) is 0 Å². The minimum Gasteiger partial charge on any atom is -0.380 e. The van der Waals surface area contributed by atoms with Gasteiger partial charge in [0, 0.05) is 19.7 Å². The summed E-state index contributed by atoms with van der Waals surface area (Å²) in [5, 5.41) is 3.48. The normalized spacial score (nSPS) is 20.5. The van der Waals surface area contributed by atoms with Gasteiger partial charge in [-0.15, -0.1) is 0 Å². The van der Waals surface area contributed by atoms with Crippen LogP contribution >= 0.6 is 0 Å². The van der Waals surface area contributed by atoms with Crippen molar-refractivity contribution in [2.75, 3.05) is 27.2 Å². The van der Waals surface area contributed by atoms with E-state index in [2.05, 4.69) is 41.5 Å². The molecule has 1 aromatic carbocycles. The highest BCUT2D eigenvalue weighted by Crippen LogP contribution is 2.16. The van der Waals surface area contributed by atoms with Crippen molar-refractivity contribution in [3.63, 3.8) is 0 Å². The molecule has 19 heavy (non-hydrogen) atoms. The highest BCUT2D eigenvalue weighted by molar-refractivity contribution is 5.23. The van der Waals surface area contributed by atoms with Crippen molar-refractivity contribution in [2.24, 2.45) is 0 Å². The van der Waals surface area contributed by atoms with E-state index < -0.39 is 0 Å². The number of rotatable bonds is 5. The molecule has 1 aliphatic heterocycles. The molecule has 0 amide bonds. The Hall–Kier alpha value is -0.900. The molecule has 1 unspecified atom stereocenters. The SMILES string of the molecule is COCc1cccc(CN(C)C2CCCNCC2)c1. The van der Waals surface area contributed by atoms with Gasteiger partial charge in [0.05, 0.1) is 6.61 Å². The third kappa shape index (κ3) is 4.60. The average molecular weight is 262 g/mol. The van der Waals surface area contributed by atoms with Gasteiger partial charge < -0.3 is 10.1 Å². The minimum absolute atomic E-state index is 0.699. The zero-order chi connectivity index (χ0) is 13.5. The summed E-state index contributed by atoms with van der Waals surface area (Å²) in [4.78, 5) is 2.50. The van der Waals surface area contributed by atoms with E-state index in [0.717, 1.165) is 13.1 Å². The number of methoxy groups -OCH3 is 1. The molecule has 0 bridgehead atoms. The van der Waals surface area contributed by atoms with Crippen LogP contribution in [0.25, 0.3) is 0 Å². The molecule has 0 radical (unpaired) electrons. The van der Waals surface area contributed by atoms with Crippen molar-refractivity contribution < 1.29 is 4.74 Å². The van der Waals surface area contributed by atoms with E-state index in [9.17, 15) is 0 Å². The maximum Gasteiger partial charge on any atom is 0.0713 e. The fraction of sp³-hybridized carbons (Fsp3) is 0.625. The predicted molar refractivity (Wildman–Crippen MR) is 79.1 cm³/mol. The Labute approximate surface area is 116 Å². The van der Waals surface area contributed by atoms with Crippen LogP contribution < -0.4 is 5.32 Å². The van der Waals surface area contributed by atoms with Crippen LogP contribution in [0.3, 0.4) is 0 Å². The standard InChI is InChI=1S/C16H26N2O/c1-18(16-7-4-9-17-10-8-16)12-14-5-3-6-15(11-14)13-19-2/h3,5-6,11,16-17H,4,7-10,12-13H2,1-2H3. The molecule has 3 heteroatoms. The van der Waals surface area contributed by atoms with E-state index in [-0.39, 0.29) is 0 Å². The van der Waals surface area contributed by atoms with Crippen molar-refractivity contribution >= 4 is 0 Å². The molecule has 0 spiro atoms. The van der Waals surface area contributed by atoms with Gasteiger partial charge in [-0.2, -0.15) is 0 Å². The van der Waals surface area contributed by atoms with Gasteiger partial charge in [0.1, 0.15) is 0 Å². The zero-order valence-electron chi connectivity index (χ0n) is 12.2. The van der Waals surface area contributed by atoms with Gasteiger partial charge in [-0.25, -0.2) is 0 Å². The average Bonchev–Trinajstić information content (AvgIpc) is 2.68. The van der Waals surface area contributed by atoms with Crippen molar-refractivity contribution in [2.45, 2.75) is 38.5 Å². The van der Waals surface area contributed by atoms with Crippen LogP contribution in [0.1, 0.15) is 30.4 Å². The van der Waals surface area contributed by atoms with Crippen molar-refractivity contribution in [1.82, 2.24) is 10.2 Å². The maximum atomic E-state index is 5.20. The number of nitrogens with one attached hydrogen (secondary N) is 1. The summed E-state index contributed by atoms with van der Waals surface area (Å²) in [6.45, 7) is 4.06. The highest BCUT2D eigenvalue weighted by Gasteiger charge is 2.16. The summed E-state index contributed by atoms with van der Waals surface area (Å²) in [5.74, 6) is 0. The maximum absolute atomic E-state index is 5.20. The monoisotopic (exact) mass is 262 g/mol. The van der Waals surface area contributed by atoms with Crippen LogP contribution in [0, 0.1) is 0 Å². The number of nitrogens with zero attached hydrogens (tertiary/aromatic N) is 1. The lowest BCUT2D eigenvalue weighted by Gasteiger charge is -2.27. The fourth-order valence-electron chi connectivity index (χ4n) is 2.84. The minimum atomic E-state index is 0.699. The van der Waals surface area contributed by atoms with Crippen LogP contribution in [-0.2, 0) is 17.9 Å². The van der Waals surface area contributed by atoms with Crippen LogP contribution in [0.15, 0.2) is 24.3 Å². The largest absolute Gasteiger partial charge is 0.380 e. The predicted octanol–water partition coefficient (Wildman–Crippen LogP) is 2.41. The van der Waals surface area contributed by atoms with Crippen LogP contribution in [0.4, 0.5) is 0 Å². The van der Waals surface area contributed by atoms with Crippen molar-refractivity contribution in [3.05, 3.63) is 35.4 Å². The molecule has 1 aliphatic rings. The molecule has 1 atom stereocenters. The Morgan fingerprint density at radius 2 is 2.11 bits per heavy atom. The Morgan fingerprint density at radius 1 is 1.26 bits per heavy atom. The van der Waals surface area contributed by atoms with Crippen LogP contribution in [-0.4, -0.2) is 38.2 Å². The molecule has 1 saturated heterocycles. The van der Waals surface area contributed by atoms with Crippen molar-refractivity contribution in [1.29, 1.82) is 0 Å². The summed E-state index contributed by atoms with van der Waals surface area (Å²) in [7, 11) is 4.00. The van der Waals surface area contributed by atoms with Gasteiger partial charge >= 0.3 is 0 Å². The zero-order valence-corrected chi connectivity index (χ0v) is 12.2. The topological polar surface area (TPSA) is 24.5 Å².